The lowest BCUT2D eigenvalue weighted by molar-refractivity contribution is 0.00578. The third-order valence-electron chi connectivity index (χ3n) is 3.91. The second-order valence-electron chi connectivity index (χ2n) is 5.87. The van der Waals surface area contributed by atoms with Crippen LogP contribution >= 0.6 is 15.9 Å². The molecule has 1 heterocycles. The zero-order valence-corrected chi connectivity index (χ0v) is 14.2. The van der Waals surface area contributed by atoms with E-state index in [9.17, 15) is 0 Å². The molecule has 0 amide bonds. The lowest BCUT2D eigenvalue weighted by atomic mass is 9.89. The molecule has 108 valence electrons. The van der Waals surface area contributed by atoms with Gasteiger partial charge in [0.2, 0.25) is 0 Å². The zero-order chi connectivity index (χ0) is 15.0. The highest BCUT2D eigenvalue weighted by molar-refractivity contribution is 9.10. The van der Waals surface area contributed by atoms with Gasteiger partial charge in [0.1, 0.15) is 5.75 Å². The van der Waals surface area contributed by atoms with Gasteiger partial charge < -0.3 is 14.0 Å². The van der Waals surface area contributed by atoms with Gasteiger partial charge >= 0.3 is 7.12 Å². The van der Waals surface area contributed by atoms with E-state index in [0.717, 1.165) is 15.8 Å². The second-order valence-corrected chi connectivity index (χ2v) is 6.73. The van der Waals surface area contributed by atoms with Crippen molar-refractivity contribution in [3.63, 3.8) is 0 Å². The number of hydrogen-bond acceptors (Lipinski definition) is 3. The van der Waals surface area contributed by atoms with Crippen LogP contribution in [0.2, 0.25) is 0 Å². The molecular formula is C15H20BBrO3. The Labute approximate surface area is 129 Å². The van der Waals surface area contributed by atoms with Crippen LogP contribution in [0.3, 0.4) is 0 Å². The standard InChI is InChI=1S/C15H20BBrO3/c1-14(2)15(3,4)20-16(19-14)9-8-11-10-12(18-5)6-7-13(11)17/h6-10H,1-5H3/b9-8+. The van der Waals surface area contributed by atoms with E-state index < -0.39 is 0 Å². The number of hydrogen-bond donors (Lipinski definition) is 0. The highest BCUT2D eigenvalue weighted by atomic mass is 79.9. The SMILES string of the molecule is COc1ccc(Br)c(/C=C/B2OC(C)(C)C(C)(C)O2)c1. The van der Waals surface area contributed by atoms with E-state index in [0.29, 0.717) is 0 Å². The molecule has 20 heavy (non-hydrogen) atoms. The van der Waals surface area contributed by atoms with Crippen LogP contribution in [-0.4, -0.2) is 25.4 Å². The van der Waals surface area contributed by atoms with Crippen LogP contribution in [0, 0.1) is 0 Å². The predicted molar refractivity (Wildman–Crippen MR) is 85.8 cm³/mol. The summed E-state index contributed by atoms with van der Waals surface area (Å²) >= 11 is 3.53. The van der Waals surface area contributed by atoms with E-state index in [1.807, 2.05) is 57.9 Å². The number of benzene rings is 1. The maximum Gasteiger partial charge on any atom is 0.487 e. The van der Waals surface area contributed by atoms with Crippen molar-refractivity contribution in [2.24, 2.45) is 0 Å². The second kappa shape index (κ2) is 5.55. The molecule has 2 rings (SSSR count). The summed E-state index contributed by atoms with van der Waals surface area (Å²) in [5, 5.41) is 0. The third kappa shape index (κ3) is 3.10. The Hall–Kier alpha value is -0.775. The van der Waals surface area contributed by atoms with Gasteiger partial charge in [0.05, 0.1) is 18.3 Å². The van der Waals surface area contributed by atoms with Crippen molar-refractivity contribution in [1.82, 2.24) is 0 Å². The van der Waals surface area contributed by atoms with Crippen molar-refractivity contribution in [3.05, 3.63) is 34.2 Å². The summed E-state index contributed by atoms with van der Waals surface area (Å²) in [4.78, 5) is 0. The van der Waals surface area contributed by atoms with Crippen LogP contribution in [0.1, 0.15) is 33.3 Å². The molecule has 0 aromatic heterocycles. The largest absolute Gasteiger partial charge is 0.497 e. The summed E-state index contributed by atoms with van der Waals surface area (Å²) in [5.41, 5.74) is 0.403. The Bertz CT molecular complexity index is 510. The number of halogens is 1. The number of rotatable bonds is 3. The predicted octanol–water partition coefficient (Wildman–Crippen LogP) is 4.10. The van der Waals surface area contributed by atoms with E-state index in [1.165, 1.54) is 0 Å². The monoisotopic (exact) mass is 338 g/mol. The fourth-order valence-electron chi connectivity index (χ4n) is 1.93. The maximum absolute atomic E-state index is 5.93. The molecule has 1 saturated heterocycles. The molecule has 0 unspecified atom stereocenters. The van der Waals surface area contributed by atoms with Crippen LogP contribution in [0.4, 0.5) is 0 Å². The Kier molecular flexibility index (Phi) is 4.33. The quantitative estimate of drug-likeness (QED) is 0.776. The van der Waals surface area contributed by atoms with Crippen molar-refractivity contribution in [1.29, 1.82) is 0 Å². The summed E-state index contributed by atoms with van der Waals surface area (Å²) in [6, 6.07) is 5.84. The van der Waals surface area contributed by atoms with Gasteiger partial charge in [0.15, 0.2) is 0 Å². The fraction of sp³-hybridized carbons (Fsp3) is 0.467. The first-order valence-electron chi connectivity index (χ1n) is 6.62. The molecule has 1 aromatic carbocycles. The number of methoxy groups -OCH3 is 1. The molecule has 0 N–H and O–H groups in total. The van der Waals surface area contributed by atoms with Gasteiger partial charge in [-0.1, -0.05) is 28.0 Å². The van der Waals surface area contributed by atoms with Crippen molar-refractivity contribution in [2.45, 2.75) is 38.9 Å². The summed E-state index contributed by atoms with van der Waals surface area (Å²) in [5.74, 6) is 2.75. The summed E-state index contributed by atoms with van der Waals surface area (Å²) in [6.45, 7) is 8.18. The summed E-state index contributed by atoms with van der Waals surface area (Å²) < 4.78 is 18.1. The molecule has 1 aliphatic rings. The first-order valence-corrected chi connectivity index (χ1v) is 7.42. The van der Waals surface area contributed by atoms with E-state index in [4.69, 9.17) is 14.0 Å². The highest BCUT2D eigenvalue weighted by Gasteiger charge is 2.49. The molecule has 0 atom stereocenters. The molecule has 1 fully saturated rings. The van der Waals surface area contributed by atoms with Crippen molar-refractivity contribution in [2.75, 3.05) is 7.11 Å². The Balaban J connectivity index is 2.15. The van der Waals surface area contributed by atoms with Crippen LogP contribution in [-0.2, 0) is 9.31 Å². The molecule has 5 heteroatoms. The van der Waals surface area contributed by atoms with Gasteiger partial charge in [-0.25, -0.2) is 0 Å². The van der Waals surface area contributed by atoms with E-state index in [1.54, 1.807) is 7.11 Å². The third-order valence-corrected chi connectivity index (χ3v) is 4.63. The highest BCUT2D eigenvalue weighted by Crippen LogP contribution is 2.37. The normalized spacial score (nSPS) is 20.6. The van der Waals surface area contributed by atoms with Gasteiger partial charge in [0.25, 0.3) is 0 Å². The topological polar surface area (TPSA) is 27.7 Å². The molecular weight excluding hydrogens is 319 g/mol. The van der Waals surface area contributed by atoms with Crippen molar-refractivity contribution < 1.29 is 14.0 Å². The van der Waals surface area contributed by atoms with Crippen molar-refractivity contribution in [3.8, 4) is 5.75 Å². The lowest BCUT2D eigenvalue weighted by Gasteiger charge is -2.32. The van der Waals surface area contributed by atoms with Crippen LogP contribution in [0.25, 0.3) is 6.08 Å². The summed E-state index contributed by atoms with van der Waals surface area (Å²) in [6.07, 6.45) is 1.98. The average molecular weight is 339 g/mol. The minimum atomic E-state index is -0.335. The van der Waals surface area contributed by atoms with Gasteiger partial charge in [-0.2, -0.15) is 0 Å². The smallest absolute Gasteiger partial charge is 0.487 e. The first-order chi connectivity index (χ1) is 9.25. The van der Waals surface area contributed by atoms with Crippen LogP contribution in [0.15, 0.2) is 28.6 Å². The molecule has 0 spiro atoms. The Morgan fingerprint density at radius 3 is 2.30 bits per heavy atom. The molecule has 1 aromatic rings. The minimum absolute atomic E-state index is 0.312. The zero-order valence-electron chi connectivity index (χ0n) is 12.6. The molecule has 0 bridgehead atoms. The van der Waals surface area contributed by atoms with Crippen molar-refractivity contribution >= 4 is 29.1 Å². The van der Waals surface area contributed by atoms with Crippen LogP contribution in [0.5, 0.6) is 5.75 Å². The van der Waals surface area contributed by atoms with Gasteiger partial charge in [-0.05, 0) is 51.5 Å². The minimum Gasteiger partial charge on any atom is -0.497 e. The van der Waals surface area contributed by atoms with Crippen LogP contribution < -0.4 is 4.74 Å². The van der Waals surface area contributed by atoms with E-state index in [2.05, 4.69) is 15.9 Å². The molecule has 3 nitrogen and oxygen atoms in total. The molecule has 1 aliphatic heterocycles. The van der Waals surface area contributed by atoms with Gasteiger partial charge in [-0.15, -0.1) is 0 Å². The number of ether oxygens (including phenoxy) is 1. The first kappa shape index (κ1) is 15.6. The van der Waals surface area contributed by atoms with Gasteiger partial charge in [0, 0.05) is 4.47 Å². The van der Waals surface area contributed by atoms with E-state index >= 15 is 0 Å². The lowest BCUT2D eigenvalue weighted by Crippen LogP contribution is -2.41. The molecule has 0 saturated carbocycles. The summed E-state index contributed by atoms with van der Waals surface area (Å²) in [7, 11) is 1.32. The Morgan fingerprint density at radius 1 is 1.15 bits per heavy atom. The molecule has 0 aliphatic carbocycles. The maximum atomic E-state index is 5.93. The fourth-order valence-corrected chi connectivity index (χ4v) is 2.30. The van der Waals surface area contributed by atoms with Gasteiger partial charge in [-0.3, -0.25) is 0 Å². The van der Waals surface area contributed by atoms with E-state index in [-0.39, 0.29) is 18.3 Å². The average Bonchev–Trinajstić information content (AvgIpc) is 2.57. The Morgan fingerprint density at radius 2 is 1.75 bits per heavy atom. The molecule has 0 radical (unpaired) electrons.